The van der Waals surface area contributed by atoms with E-state index in [1.54, 1.807) is 0 Å². The molecule has 0 aliphatic rings. The Kier molecular flexibility index (Phi) is 3.14. The molecule has 3 aromatic rings. The first-order valence-electron chi connectivity index (χ1n) is 6.04. The lowest BCUT2D eigenvalue weighted by atomic mass is 10.0. The first kappa shape index (κ1) is 12.4. The second-order valence-electron chi connectivity index (χ2n) is 4.51. The molecule has 0 saturated carbocycles. The van der Waals surface area contributed by atoms with E-state index in [1.807, 2.05) is 55.6 Å². The highest BCUT2D eigenvalue weighted by Crippen LogP contribution is 2.25. The standard InChI is InChI=1S/C16H12INO/c1-10-5-4-8-14-15(10)12(9-18-14)16(19)11-6-2-3-7-13(11)17/h2-9,18H,1H3. The van der Waals surface area contributed by atoms with Gasteiger partial charge in [0.2, 0.25) is 0 Å². The number of hydrogen-bond donors (Lipinski definition) is 1. The van der Waals surface area contributed by atoms with Crippen molar-refractivity contribution in [2.45, 2.75) is 6.92 Å². The summed E-state index contributed by atoms with van der Waals surface area (Å²) in [6.45, 7) is 2.03. The normalized spacial score (nSPS) is 10.8. The van der Waals surface area contributed by atoms with Crippen LogP contribution in [0.4, 0.5) is 0 Å². The number of carbonyl (C=O) groups is 1. The van der Waals surface area contributed by atoms with Gasteiger partial charge in [0.25, 0.3) is 0 Å². The molecule has 0 saturated heterocycles. The highest BCUT2D eigenvalue weighted by Gasteiger charge is 2.17. The van der Waals surface area contributed by atoms with Crippen LogP contribution >= 0.6 is 22.6 Å². The summed E-state index contributed by atoms with van der Waals surface area (Å²) in [7, 11) is 0. The average molecular weight is 361 g/mol. The van der Waals surface area contributed by atoms with Crippen LogP contribution in [0.1, 0.15) is 21.5 Å². The lowest BCUT2D eigenvalue weighted by Crippen LogP contribution is -2.03. The largest absolute Gasteiger partial charge is 0.360 e. The van der Waals surface area contributed by atoms with Crippen molar-refractivity contribution < 1.29 is 4.79 Å². The van der Waals surface area contributed by atoms with E-state index in [4.69, 9.17) is 0 Å². The van der Waals surface area contributed by atoms with Crippen molar-refractivity contribution in [3.05, 3.63) is 68.9 Å². The maximum Gasteiger partial charge on any atom is 0.196 e. The van der Waals surface area contributed by atoms with Gasteiger partial charge in [-0.1, -0.05) is 24.3 Å². The van der Waals surface area contributed by atoms with Gasteiger partial charge in [-0.15, -0.1) is 0 Å². The molecule has 19 heavy (non-hydrogen) atoms. The average Bonchev–Trinajstić information content (AvgIpc) is 2.84. The predicted octanol–water partition coefficient (Wildman–Crippen LogP) is 4.31. The van der Waals surface area contributed by atoms with E-state index in [2.05, 4.69) is 27.6 Å². The number of aryl methyl sites for hydroxylation is 1. The van der Waals surface area contributed by atoms with Gasteiger partial charge in [-0.25, -0.2) is 0 Å². The molecule has 1 N–H and O–H groups in total. The summed E-state index contributed by atoms with van der Waals surface area (Å²) in [6.07, 6.45) is 1.81. The van der Waals surface area contributed by atoms with Gasteiger partial charge in [0.1, 0.15) is 0 Å². The molecule has 1 heterocycles. The molecule has 1 aromatic heterocycles. The Labute approximate surface area is 125 Å². The summed E-state index contributed by atoms with van der Waals surface area (Å²) < 4.78 is 0.980. The van der Waals surface area contributed by atoms with Crippen LogP contribution in [0.15, 0.2) is 48.7 Å². The maximum atomic E-state index is 12.7. The van der Waals surface area contributed by atoms with Crippen LogP contribution in [0.25, 0.3) is 10.9 Å². The Morgan fingerprint density at radius 2 is 1.84 bits per heavy atom. The van der Waals surface area contributed by atoms with Crippen molar-refractivity contribution in [1.82, 2.24) is 4.98 Å². The monoisotopic (exact) mass is 361 g/mol. The molecule has 0 fully saturated rings. The zero-order chi connectivity index (χ0) is 13.4. The molecular weight excluding hydrogens is 349 g/mol. The fourth-order valence-electron chi connectivity index (χ4n) is 2.34. The molecule has 0 aliphatic heterocycles. The fraction of sp³-hybridized carbons (Fsp3) is 0.0625. The molecule has 3 rings (SSSR count). The third-order valence-electron chi connectivity index (χ3n) is 3.28. The minimum atomic E-state index is 0.0746. The molecule has 0 bridgehead atoms. The minimum absolute atomic E-state index is 0.0746. The smallest absolute Gasteiger partial charge is 0.196 e. The molecule has 0 radical (unpaired) electrons. The van der Waals surface area contributed by atoms with Crippen LogP contribution in [0.3, 0.4) is 0 Å². The number of ketones is 1. The molecule has 0 aliphatic carbocycles. The van der Waals surface area contributed by atoms with Crippen molar-refractivity contribution in [2.75, 3.05) is 0 Å². The van der Waals surface area contributed by atoms with Gasteiger partial charge < -0.3 is 4.98 Å². The van der Waals surface area contributed by atoms with Crippen LogP contribution in [0.2, 0.25) is 0 Å². The number of benzene rings is 2. The Morgan fingerprint density at radius 1 is 1.05 bits per heavy atom. The van der Waals surface area contributed by atoms with E-state index in [0.29, 0.717) is 0 Å². The Bertz CT molecular complexity index is 773. The van der Waals surface area contributed by atoms with Crippen LogP contribution < -0.4 is 0 Å². The number of rotatable bonds is 2. The summed E-state index contributed by atoms with van der Waals surface area (Å²) in [4.78, 5) is 15.8. The van der Waals surface area contributed by atoms with Gasteiger partial charge in [-0.2, -0.15) is 0 Å². The zero-order valence-electron chi connectivity index (χ0n) is 10.4. The van der Waals surface area contributed by atoms with Gasteiger partial charge in [-0.3, -0.25) is 4.79 Å². The lowest BCUT2D eigenvalue weighted by molar-refractivity contribution is 0.103. The molecular formula is C16H12INO. The van der Waals surface area contributed by atoms with E-state index in [1.165, 1.54) is 0 Å². The van der Waals surface area contributed by atoms with E-state index in [-0.39, 0.29) is 5.78 Å². The number of aromatic amines is 1. The van der Waals surface area contributed by atoms with E-state index >= 15 is 0 Å². The van der Waals surface area contributed by atoms with Crippen LogP contribution in [0.5, 0.6) is 0 Å². The quantitative estimate of drug-likeness (QED) is 0.536. The summed E-state index contributed by atoms with van der Waals surface area (Å²) in [5.74, 6) is 0.0746. The van der Waals surface area contributed by atoms with E-state index < -0.39 is 0 Å². The van der Waals surface area contributed by atoms with Crippen LogP contribution in [-0.2, 0) is 0 Å². The molecule has 94 valence electrons. The molecule has 0 unspecified atom stereocenters. The summed E-state index contributed by atoms with van der Waals surface area (Å²) >= 11 is 2.20. The minimum Gasteiger partial charge on any atom is -0.360 e. The van der Waals surface area contributed by atoms with Crippen LogP contribution in [-0.4, -0.2) is 10.8 Å². The molecule has 3 heteroatoms. The molecule has 2 nitrogen and oxygen atoms in total. The number of halogens is 1. The Hall–Kier alpha value is -1.62. The number of hydrogen-bond acceptors (Lipinski definition) is 1. The van der Waals surface area contributed by atoms with E-state index in [0.717, 1.165) is 31.2 Å². The summed E-state index contributed by atoms with van der Waals surface area (Å²) in [5.41, 5.74) is 3.63. The van der Waals surface area contributed by atoms with Crippen LogP contribution in [0, 0.1) is 10.5 Å². The van der Waals surface area contributed by atoms with Crippen molar-refractivity contribution in [3.63, 3.8) is 0 Å². The lowest BCUT2D eigenvalue weighted by Gasteiger charge is -2.04. The first-order valence-corrected chi connectivity index (χ1v) is 7.12. The number of fused-ring (bicyclic) bond motifs is 1. The second kappa shape index (κ2) is 4.81. The zero-order valence-corrected chi connectivity index (χ0v) is 12.6. The number of aromatic nitrogens is 1. The van der Waals surface area contributed by atoms with Gasteiger partial charge in [0.05, 0.1) is 0 Å². The molecule has 0 amide bonds. The van der Waals surface area contributed by atoms with Crippen molar-refractivity contribution in [2.24, 2.45) is 0 Å². The van der Waals surface area contributed by atoms with Crippen molar-refractivity contribution in [3.8, 4) is 0 Å². The SMILES string of the molecule is Cc1cccc2[nH]cc(C(=O)c3ccccc3I)c12. The van der Waals surface area contributed by atoms with Gasteiger partial charge in [0.15, 0.2) is 5.78 Å². The highest BCUT2D eigenvalue weighted by molar-refractivity contribution is 14.1. The molecule has 0 atom stereocenters. The van der Waals surface area contributed by atoms with Gasteiger partial charge in [-0.05, 0) is 53.3 Å². The summed E-state index contributed by atoms with van der Waals surface area (Å²) in [6, 6.07) is 13.7. The second-order valence-corrected chi connectivity index (χ2v) is 5.67. The van der Waals surface area contributed by atoms with Crippen molar-refractivity contribution in [1.29, 1.82) is 0 Å². The Balaban J connectivity index is 2.21. The number of nitrogens with one attached hydrogen (secondary N) is 1. The summed E-state index contributed by atoms with van der Waals surface area (Å²) in [5, 5.41) is 1.02. The third kappa shape index (κ3) is 2.08. The highest BCUT2D eigenvalue weighted by atomic mass is 127. The van der Waals surface area contributed by atoms with Crippen molar-refractivity contribution >= 4 is 39.3 Å². The predicted molar refractivity (Wildman–Crippen MR) is 85.6 cm³/mol. The number of H-pyrrole nitrogens is 1. The topological polar surface area (TPSA) is 32.9 Å². The Morgan fingerprint density at radius 3 is 2.63 bits per heavy atom. The fourth-order valence-corrected chi connectivity index (χ4v) is 2.97. The molecule has 2 aromatic carbocycles. The molecule has 0 spiro atoms. The van der Waals surface area contributed by atoms with E-state index in [9.17, 15) is 4.79 Å². The maximum absolute atomic E-state index is 12.7. The van der Waals surface area contributed by atoms with Gasteiger partial charge in [0, 0.05) is 31.8 Å². The first-order chi connectivity index (χ1) is 9.18. The third-order valence-corrected chi connectivity index (χ3v) is 4.22. The van der Waals surface area contributed by atoms with Gasteiger partial charge >= 0.3 is 0 Å². The number of carbonyl (C=O) groups excluding carboxylic acids is 1.